The van der Waals surface area contributed by atoms with Crippen LogP contribution in [-0.4, -0.2) is 61.3 Å². The van der Waals surface area contributed by atoms with Crippen molar-refractivity contribution in [2.75, 3.05) is 31.1 Å². The van der Waals surface area contributed by atoms with Crippen LogP contribution < -0.4 is 10.5 Å². The van der Waals surface area contributed by atoms with Gasteiger partial charge in [0, 0.05) is 42.6 Å². The summed E-state index contributed by atoms with van der Waals surface area (Å²) in [4.78, 5) is 26.3. The predicted molar refractivity (Wildman–Crippen MR) is 152 cm³/mol. The molecule has 10 heteroatoms. The molecule has 0 spiro atoms. The zero-order chi connectivity index (χ0) is 26.6. The molecule has 38 heavy (non-hydrogen) atoms. The zero-order valence-electron chi connectivity index (χ0n) is 22.4. The molecule has 0 saturated carbocycles. The van der Waals surface area contributed by atoms with Crippen LogP contribution in [0, 0.1) is 13.8 Å². The standard InChI is InChI=1S/C28H32N8OS/c1-17-14-18(2)19-16-20(26(37)29-22(19)15-17)24(25-31-32-33-36(25)28(3,4)5)34-10-12-35(13-11-34)27-30-21-8-6-7-9-23(21)38-27/h6-9,14-16,24H,10-13H2,1-5H3,(H,29,37)/t24-/m0/s1. The summed E-state index contributed by atoms with van der Waals surface area (Å²) in [6.07, 6.45) is 0. The average Bonchev–Trinajstić information content (AvgIpc) is 3.53. The summed E-state index contributed by atoms with van der Waals surface area (Å²) in [5.41, 5.74) is 4.36. The lowest BCUT2D eigenvalue weighted by atomic mass is 9.99. The van der Waals surface area contributed by atoms with Gasteiger partial charge in [0.1, 0.15) is 6.04 Å². The number of pyridine rings is 1. The average molecular weight is 529 g/mol. The number of aromatic amines is 1. The number of piperazine rings is 1. The fraction of sp³-hybridized carbons (Fsp3) is 0.393. The van der Waals surface area contributed by atoms with Crippen molar-refractivity contribution in [3.63, 3.8) is 0 Å². The van der Waals surface area contributed by atoms with Crippen molar-refractivity contribution in [2.45, 2.75) is 46.2 Å². The maximum Gasteiger partial charge on any atom is 0.253 e. The first-order valence-corrected chi connectivity index (χ1v) is 13.8. The summed E-state index contributed by atoms with van der Waals surface area (Å²) in [7, 11) is 0. The van der Waals surface area contributed by atoms with Crippen LogP contribution in [0.15, 0.2) is 47.3 Å². The third-order valence-corrected chi connectivity index (χ3v) is 8.34. The molecule has 1 aliphatic heterocycles. The highest BCUT2D eigenvalue weighted by Crippen LogP contribution is 2.33. The molecule has 1 atom stereocenters. The van der Waals surface area contributed by atoms with Gasteiger partial charge < -0.3 is 9.88 Å². The Morgan fingerprint density at radius 1 is 1.03 bits per heavy atom. The largest absolute Gasteiger partial charge is 0.345 e. The van der Waals surface area contributed by atoms with E-state index in [0.717, 1.165) is 58.9 Å². The van der Waals surface area contributed by atoms with Crippen LogP contribution in [0.3, 0.4) is 0 Å². The van der Waals surface area contributed by atoms with Crippen LogP contribution in [0.25, 0.3) is 21.1 Å². The molecule has 1 aliphatic rings. The minimum absolute atomic E-state index is 0.107. The van der Waals surface area contributed by atoms with Gasteiger partial charge in [0.15, 0.2) is 11.0 Å². The van der Waals surface area contributed by atoms with Gasteiger partial charge in [-0.1, -0.05) is 29.5 Å². The van der Waals surface area contributed by atoms with Crippen molar-refractivity contribution in [3.05, 3.63) is 75.3 Å². The monoisotopic (exact) mass is 528 g/mol. The molecule has 0 bridgehead atoms. The van der Waals surface area contributed by atoms with Gasteiger partial charge in [0.05, 0.1) is 15.8 Å². The molecule has 2 aromatic carbocycles. The first-order chi connectivity index (χ1) is 18.2. The van der Waals surface area contributed by atoms with Crippen molar-refractivity contribution in [1.82, 2.24) is 35.1 Å². The quantitative estimate of drug-likeness (QED) is 0.369. The predicted octanol–water partition coefficient (Wildman–Crippen LogP) is 4.41. The van der Waals surface area contributed by atoms with Gasteiger partial charge in [0.25, 0.3) is 5.56 Å². The smallest absolute Gasteiger partial charge is 0.253 e. The number of aromatic nitrogens is 6. The van der Waals surface area contributed by atoms with Gasteiger partial charge in [-0.3, -0.25) is 9.69 Å². The lowest BCUT2D eigenvalue weighted by Crippen LogP contribution is -2.49. The Labute approximate surface area is 225 Å². The SMILES string of the molecule is Cc1cc(C)c2cc([C@@H](c3nnnn3C(C)(C)C)N3CCN(c4nc5ccccc5s4)CC3)c(=O)[nH]c2c1. The highest BCUT2D eigenvalue weighted by atomic mass is 32.1. The van der Waals surface area contributed by atoms with Gasteiger partial charge in [-0.15, -0.1) is 5.10 Å². The third-order valence-electron chi connectivity index (χ3n) is 7.24. The van der Waals surface area contributed by atoms with Gasteiger partial charge in [-0.05, 0) is 80.4 Å². The molecule has 9 nitrogen and oxygen atoms in total. The van der Waals surface area contributed by atoms with E-state index in [4.69, 9.17) is 4.98 Å². The normalized spacial score (nSPS) is 16.0. The van der Waals surface area contributed by atoms with Crippen LogP contribution in [-0.2, 0) is 5.54 Å². The number of rotatable bonds is 4. The molecule has 5 aromatic rings. The molecule has 0 aliphatic carbocycles. The lowest BCUT2D eigenvalue weighted by Gasteiger charge is -2.39. The van der Waals surface area contributed by atoms with E-state index in [0.29, 0.717) is 11.4 Å². The number of tetrazole rings is 1. The van der Waals surface area contributed by atoms with Crippen LogP contribution in [0.2, 0.25) is 0 Å². The van der Waals surface area contributed by atoms with E-state index in [9.17, 15) is 4.79 Å². The highest BCUT2D eigenvalue weighted by Gasteiger charge is 2.35. The van der Waals surface area contributed by atoms with Crippen molar-refractivity contribution in [1.29, 1.82) is 0 Å². The van der Waals surface area contributed by atoms with E-state index in [1.165, 1.54) is 4.70 Å². The van der Waals surface area contributed by atoms with Gasteiger partial charge in [-0.2, -0.15) is 0 Å². The van der Waals surface area contributed by atoms with E-state index >= 15 is 0 Å². The van der Waals surface area contributed by atoms with Gasteiger partial charge in [0.2, 0.25) is 0 Å². The molecule has 196 valence electrons. The number of thiazole rings is 1. The fourth-order valence-electron chi connectivity index (χ4n) is 5.40. The first-order valence-electron chi connectivity index (χ1n) is 13.0. The number of anilines is 1. The Hall–Kier alpha value is -3.63. The molecule has 4 heterocycles. The number of benzene rings is 2. The van der Waals surface area contributed by atoms with Crippen molar-refractivity contribution in [2.24, 2.45) is 0 Å². The maximum absolute atomic E-state index is 13.6. The molecular formula is C28H32N8OS. The van der Waals surface area contributed by atoms with Crippen molar-refractivity contribution in [3.8, 4) is 0 Å². The summed E-state index contributed by atoms with van der Waals surface area (Å²) < 4.78 is 3.05. The van der Waals surface area contributed by atoms with Crippen LogP contribution in [0.1, 0.15) is 49.3 Å². The van der Waals surface area contributed by atoms with Crippen LogP contribution >= 0.6 is 11.3 Å². The Morgan fingerprint density at radius 2 is 1.79 bits per heavy atom. The number of nitrogens with one attached hydrogen (secondary N) is 1. The van der Waals surface area contributed by atoms with E-state index in [1.54, 1.807) is 11.3 Å². The Bertz CT molecular complexity index is 1650. The molecule has 1 fully saturated rings. The third kappa shape index (κ3) is 4.37. The van der Waals surface area contributed by atoms with Crippen LogP contribution in [0.5, 0.6) is 0 Å². The minimum atomic E-state index is -0.379. The zero-order valence-corrected chi connectivity index (χ0v) is 23.2. The van der Waals surface area contributed by atoms with Crippen molar-refractivity contribution >= 4 is 37.6 Å². The summed E-state index contributed by atoms with van der Waals surface area (Å²) in [5.74, 6) is 0.681. The van der Waals surface area contributed by atoms with Gasteiger partial charge in [-0.25, -0.2) is 9.67 Å². The molecule has 0 radical (unpaired) electrons. The lowest BCUT2D eigenvalue weighted by molar-refractivity contribution is 0.190. The topological polar surface area (TPSA) is 95.8 Å². The summed E-state index contributed by atoms with van der Waals surface area (Å²) >= 11 is 1.72. The number of hydrogen-bond acceptors (Lipinski definition) is 8. The number of para-hydroxylation sites is 1. The number of aryl methyl sites for hydroxylation is 2. The number of fused-ring (bicyclic) bond motifs is 2. The summed E-state index contributed by atoms with van der Waals surface area (Å²) in [5, 5.41) is 14.9. The molecule has 3 aromatic heterocycles. The molecule has 1 saturated heterocycles. The second kappa shape index (κ2) is 9.28. The van der Waals surface area contributed by atoms with E-state index < -0.39 is 0 Å². The summed E-state index contributed by atoms with van der Waals surface area (Å²) in [6.45, 7) is 13.5. The van der Waals surface area contributed by atoms with E-state index in [-0.39, 0.29) is 17.1 Å². The van der Waals surface area contributed by atoms with Crippen LogP contribution in [0.4, 0.5) is 5.13 Å². The number of nitrogens with zero attached hydrogens (tertiary/aromatic N) is 7. The van der Waals surface area contributed by atoms with Gasteiger partial charge >= 0.3 is 0 Å². The van der Waals surface area contributed by atoms with Crippen molar-refractivity contribution < 1.29 is 0 Å². The molecule has 1 N–H and O–H groups in total. The summed E-state index contributed by atoms with van der Waals surface area (Å²) in [6, 6.07) is 14.1. The molecule has 6 rings (SSSR count). The van der Waals surface area contributed by atoms with E-state index in [1.807, 2.05) is 29.8 Å². The Balaban J connectivity index is 1.40. The number of hydrogen-bond donors (Lipinski definition) is 1. The first kappa shape index (κ1) is 24.7. The molecule has 0 unspecified atom stereocenters. The highest BCUT2D eigenvalue weighted by molar-refractivity contribution is 7.22. The Morgan fingerprint density at radius 3 is 2.53 bits per heavy atom. The molecule has 0 amide bonds. The second-order valence-electron chi connectivity index (χ2n) is 11.1. The molecular weight excluding hydrogens is 496 g/mol. The minimum Gasteiger partial charge on any atom is -0.345 e. The fourth-order valence-corrected chi connectivity index (χ4v) is 6.42. The number of H-pyrrole nitrogens is 1. The van der Waals surface area contributed by atoms with E-state index in [2.05, 4.69) is 82.3 Å². The second-order valence-corrected chi connectivity index (χ2v) is 12.1. The maximum atomic E-state index is 13.6. The Kier molecular flexibility index (Phi) is 6.03.